The van der Waals surface area contributed by atoms with Gasteiger partial charge in [0.05, 0.1) is 7.11 Å². The summed E-state index contributed by atoms with van der Waals surface area (Å²) in [6.07, 6.45) is 0.997. The monoisotopic (exact) mass is 233 g/mol. The minimum Gasteiger partial charge on any atom is -0.468 e. The molecule has 0 N–H and O–H groups in total. The van der Waals surface area contributed by atoms with Gasteiger partial charge in [-0.25, -0.2) is 0 Å². The van der Waals surface area contributed by atoms with Crippen LogP contribution in [0.25, 0.3) is 0 Å². The average Bonchev–Trinajstić information content (AvgIpc) is 2.37. The molecule has 0 aliphatic carbocycles. The van der Waals surface area contributed by atoms with Gasteiger partial charge in [-0.2, -0.15) is 0 Å². The number of carbonyl (C=O) groups excluding carboxylic acids is 1. The highest BCUT2D eigenvalue weighted by Gasteiger charge is 2.37. The van der Waals surface area contributed by atoms with Crippen LogP contribution in [0, 0.1) is 0 Å². The van der Waals surface area contributed by atoms with E-state index >= 15 is 0 Å². The molecule has 0 spiro atoms. The lowest BCUT2D eigenvalue weighted by Crippen LogP contribution is -2.52. The van der Waals surface area contributed by atoms with Gasteiger partial charge in [-0.1, -0.05) is 24.3 Å². The van der Waals surface area contributed by atoms with Crippen molar-refractivity contribution in [3.8, 4) is 0 Å². The summed E-state index contributed by atoms with van der Waals surface area (Å²) in [4.78, 5) is 14.0. The van der Waals surface area contributed by atoms with Crippen molar-refractivity contribution in [3.63, 3.8) is 0 Å². The minimum absolute atomic E-state index is 0.170. The lowest BCUT2D eigenvalue weighted by molar-refractivity contribution is -0.153. The molecule has 1 aliphatic heterocycles. The standard InChI is InChI=1S/C14H19NO2/c1-14(2,13(16)17-3)15-9-8-11-6-4-5-7-12(11)10-15/h4-7H,8-10H2,1-3H3. The van der Waals surface area contributed by atoms with Gasteiger partial charge in [0, 0.05) is 13.1 Å². The maximum atomic E-state index is 11.8. The molecule has 1 heterocycles. The van der Waals surface area contributed by atoms with Gasteiger partial charge in [0.15, 0.2) is 0 Å². The van der Waals surface area contributed by atoms with Gasteiger partial charge >= 0.3 is 5.97 Å². The van der Waals surface area contributed by atoms with E-state index in [0.717, 1.165) is 19.5 Å². The molecule has 0 amide bonds. The molecule has 2 rings (SSSR count). The van der Waals surface area contributed by atoms with Crippen molar-refractivity contribution in [1.82, 2.24) is 4.90 Å². The molecule has 0 aromatic heterocycles. The van der Waals surface area contributed by atoms with Gasteiger partial charge in [0.25, 0.3) is 0 Å². The fourth-order valence-electron chi connectivity index (χ4n) is 2.35. The van der Waals surface area contributed by atoms with E-state index in [1.54, 1.807) is 0 Å². The zero-order chi connectivity index (χ0) is 12.5. The first-order valence-corrected chi connectivity index (χ1v) is 5.96. The first kappa shape index (κ1) is 12.1. The summed E-state index contributed by atoms with van der Waals surface area (Å²) in [5, 5.41) is 0. The van der Waals surface area contributed by atoms with Crippen molar-refractivity contribution in [2.75, 3.05) is 13.7 Å². The molecule has 1 aromatic carbocycles. The third kappa shape index (κ3) is 2.20. The number of esters is 1. The second-order valence-electron chi connectivity index (χ2n) is 4.99. The van der Waals surface area contributed by atoms with E-state index in [2.05, 4.69) is 23.1 Å². The van der Waals surface area contributed by atoms with E-state index in [9.17, 15) is 4.79 Å². The molecule has 92 valence electrons. The Morgan fingerprint density at radius 2 is 1.94 bits per heavy atom. The van der Waals surface area contributed by atoms with Crippen LogP contribution in [0.3, 0.4) is 0 Å². The lowest BCUT2D eigenvalue weighted by atomic mass is 9.94. The van der Waals surface area contributed by atoms with E-state index in [1.807, 2.05) is 19.9 Å². The van der Waals surface area contributed by atoms with E-state index in [-0.39, 0.29) is 5.97 Å². The van der Waals surface area contributed by atoms with Crippen LogP contribution in [0.1, 0.15) is 25.0 Å². The molecule has 0 saturated carbocycles. The number of hydrogen-bond acceptors (Lipinski definition) is 3. The molecule has 0 unspecified atom stereocenters. The summed E-state index contributed by atoms with van der Waals surface area (Å²) < 4.78 is 4.88. The predicted molar refractivity (Wildman–Crippen MR) is 66.7 cm³/mol. The molecule has 0 bridgehead atoms. The predicted octanol–water partition coefficient (Wildman–Crippen LogP) is 2.00. The Balaban J connectivity index is 2.20. The van der Waals surface area contributed by atoms with E-state index in [1.165, 1.54) is 18.2 Å². The highest BCUT2D eigenvalue weighted by molar-refractivity contribution is 5.79. The van der Waals surface area contributed by atoms with Gasteiger partial charge in [-0.15, -0.1) is 0 Å². The maximum absolute atomic E-state index is 11.8. The van der Waals surface area contributed by atoms with E-state index in [4.69, 9.17) is 4.74 Å². The number of nitrogens with zero attached hydrogens (tertiary/aromatic N) is 1. The Morgan fingerprint density at radius 1 is 1.29 bits per heavy atom. The van der Waals surface area contributed by atoms with Crippen LogP contribution in [0.15, 0.2) is 24.3 Å². The number of hydrogen-bond donors (Lipinski definition) is 0. The number of carbonyl (C=O) groups is 1. The van der Waals surface area contributed by atoms with Gasteiger partial charge in [-0.3, -0.25) is 9.69 Å². The molecule has 0 fully saturated rings. The Hall–Kier alpha value is -1.35. The molecule has 17 heavy (non-hydrogen) atoms. The zero-order valence-corrected chi connectivity index (χ0v) is 10.7. The van der Waals surface area contributed by atoms with Crippen LogP contribution in [0.4, 0.5) is 0 Å². The smallest absolute Gasteiger partial charge is 0.325 e. The Morgan fingerprint density at radius 3 is 2.59 bits per heavy atom. The van der Waals surface area contributed by atoms with E-state index in [0.29, 0.717) is 0 Å². The molecule has 1 aromatic rings. The SMILES string of the molecule is COC(=O)C(C)(C)N1CCc2ccccc2C1. The number of fused-ring (bicyclic) bond motifs is 1. The summed E-state index contributed by atoms with van der Waals surface area (Å²) in [5.41, 5.74) is 2.16. The lowest BCUT2D eigenvalue weighted by Gasteiger charge is -2.39. The quantitative estimate of drug-likeness (QED) is 0.732. The molecular weight excluding hydrogens is 214 g/mol. The summed E-state index contributed by atoms with van der Waals surface area (Å²) >= 11 is 0. The fraction of sp³-hybridized carbons (Fsp3) is 0.500. The van der Waals surface area contributed by atoms with Crippen LogP contribution < -0.4 is 0 Å². The van der Waals surface area contributed by atoms with E-state index < -0.39 is 5.54 Å². The van der Waals surface area contributed by atoms with Crippen molar-refractivity contribution in [1.29, 1.82) is 0 Å². The highest BCUT2D eigenvalue weighted by Crippen LogP contribution is 2.25. The van der Waals surface area contributed by atoms with Crippen LogP contribution in [-0.2, 0) is 22.5 Å². The second-order valence-corrected chi connectivity index (χ2v) is 4.99. The third-order valence-electron chi connectivity index (χ3n) is 3.61. The molecule has 1 aliphatic rings. The van der Waals surface area contributed by atoms with Crippen LogP contribution in [0.5, 0.6) is 0 Å². The molecule has 3 nitrogen and oxygen atoms in total. The summed E-state index contributed by atoms with van der Waals surface area (Å²) in [6.45, 7) is 5.57. The molecule has 0 atom stereocenters. The van der Waals surface area contributed by atoms with Crippen molar-refractivity contribution in [2.45, 2.75) is 32.4 Å². The number of ether oxygens (including phenoxy) is 1. The Kier molecular flexibility index (Phi) is 3.20. The molecule has 0 radical (unpaired) electrons. The third-order valence-corrected chi connectivity index (χ3v) is 3.61. The molecular formula is C14H19NO2. The summed E-state index contributed by atoms with van der Waals surface area (Å²) in [7, 11) is 1.45. The van der Waals surface area contributed by atoms with Crippen LogP contribution in [0.2, 0.25) is 0 Å². The average molecular weight is 233 g/mol. The Labute approximate surface area is 102 Å². The van der Waals surface area contributed by atoms with Gasteiger partial charge in [0.2, 0.25) is 0 Å². The topological polar surface area (TPSA) is 29.5 Å². The number of methoxy groups -OCH3 is 1. The first-order chi connectivity index (χ1) is 8.05. The maximum Gasteiger partial charge on any atom is 0.325 e. The van der Waals surface area contributed by atoms with Gasteiger partial charge in [-0.05, 0) is 31.4 Å². The van der Waals surface area contributed by atoms with Crippen molar-refractivity contribution in [2.24, 2.45) is 0 Å². The summed E-state index contributed by atoms with van der Waals surface area (Å²) in [5.74, 6) is -0.170. The Bertz CT molecular complexity index is 426. The van der Waals surface area contributed by atoms with Crippen molar-refractivity contribution < 1.29 is 9.53 Å². The first-order valence-electron chi connectivity index (χ1n) is 5.96. The van der Waals surface area contributed by atoms with Gasteiger partial charge in [0.1, 0.15) is 5.54 Å². The normalized spacial score (nSPS) is 16.4. The molecule has 3 heteroatoms. The highest BCUT2D eigenvalue weighted by atomic mass is 16.5. The fourth-order valence-corrected chi connectivity index (χ4v) is 2.35. The van der Waals surface area contributed by atoms with Crippen LogP contribution >= 0.6 is 0 Å². The number of rotatable bonds is 2. The number of benzene rings is 1. The van der Waals surface area contributed by atoms with Gasteiger partial charge < -0.3 is 4.74 Å². The largest absolute Gasteiger partial charge is 0.468 e. The van der Waals surface area contributed by atoms with Crippen molar-refractivity contribution >= 4 is 5.97 Å². The minimum atomic E-state index is -0.553. The summed E-state index contributed by atoms with van der Waals surface area (Å²) in [6, 6.07) is 8.42. The van der Waals surface area contributed by atoms with Crippen LogP contribution in [-0.4, -0.2) is 30.1 Å². The zero-order valence-electron chi connectivity index (χ0n) is 10.7. The van der Waals surface area contributed by atoms with Crippen molar-refractivity contribution in [3.05, 3.63) is 35.4 Å². The second kappa shape index (κ2) is 4.49. The molecule has 0 saturated heterocycles.